The van der Waals surface area contributed by atoms with Gasteiger partial charge in [-0.25, -0.2) is 4.98 Å². The Labute approximate surface area is 215 Å². The van der Waals surface area contributed by atoms with Crippen LogP contribution < -0.4 is 0 Å². The molecule has 37 heavy (non-hydrogen) atoms. The first-order valence-electron chi connectivity index (χ1n) is 12.3. The molecule has 4 nitrogen and oxygen atoms in total. The molecule has 0 bridgehead atoms. The molecule has 6 rings (SSSR count). The predicted molar refractivity (Wildman–Crippen MR) is 148 cm³/mol. The Morgan fingerprint density at radius 1 is 0.676 bits per heavy atom. The fourth-order valence-electron chi connectivity index (χ4n) is 4.75. The second kappa shape index (κ2) is 9.07. The van der Waals surface area contributed by atoms with Crippen LogP contribution in [0.4, 0.5) is 0 Å². The van der Waals surface area contributed by atoms with Gasteiger partial charge in [-0.3, -0.25) is 4.98 Å². The lowest BCUT2D eigenvalue weighted by atomic mass is 9.79. The SMILES string of the molecule is CC(C)(c1ccccc1)c1ccc(-c2cccc(-c3cccc4oc(-c5ccccc5O)nc34)c2)nc1. The standard InChI is InChI=1S/C33H26N2O2/c1-33(2,24-12-4-3-5-13-24)25-18-19-28(34-21-25)23-11-8-10-22(20-23)26-15-9-17-30-31(26)35-32(37-30)27-14-6-7-16-29(27)36/h3-21,36H,1-2H3. The summed E-state index contributed by atoms with van der Waals surface area (Å²) in [6.45, 7) is 4.45. The molecule has 0 fully saturated rings. The molecular formula is C33H26N2O2. The maximum atomic E-state index is 10.3. The average molecular weight is 483 g/mol. The quantitative estimate of drug-likeness (QED) is 0.269. The van der Waals surface area contributed by atoms with Crippen molar-refractivity contribution in [1.82, 2.24) is 9.97 Å². The molecule has 4 aromatic carbocycles. The number of rotatable bonds is 5. The summed E-state index contributed by atoms with van der Waals surface area (Å²) < 4.78 is 6.01. The van der Waals surface area contributed by atoms with Gasteiger partial charge < -0.3 is 9.52 Å². The van der Waals surface area contributed by atoms with E-state index in [1.54, 1.807) is 18.2 Å². The summed E-state index contributed by atoms with van der Waals surface area (Å²) in [7, 11) is 0. The largest absolute Gasteiger partial charge is 0.507 e. The maximum absolute atomic E-state index is 10.3. The number of phenols is 1. The molecule has 0 amide bonds. The van der Waals surface area contributed by atoms with Crippen LogP contribution in [0.2, 0.25) is 0 Å². The summed E-state index contributed by atoms with van der Waals surface area (Å²) in [5, 5.41) is 10.3. The van der Waals surface area contributed by atoms with E-state index in [0.29, 0.717) is 17.0 Å². The smallest absolute Gasteiger partial charge is 0.231 e. The summed E-state index contributed by atoms with van der Waals surface area (Å²) in [4.78, 5) is 9.58. The van der Waals surface area contributed by atoms with Gasteiger partial charge in [0.25, 0.3) is 0 Å². The lowest BCUT2D eigenvalue weighted by Crippen LogP contribution is -2.18. The molecule has 2 heterocycles. The third kappa shape index (κ3) is 4.17. The fraction of sp³-hybridized carbons (Fsp3) is 0.0909. The molecule has 6 aromatic rings. The zero-order valence-corrected chi connectivity index (χ0v) is 20.7. The molecule has 180 valence electrons. The zero-order chi connectivity index (χ0) is 25.4. The number of oxazole rings is 1. The summed E-state index contributed by atoms with van der Waals surface area (Å²) in [5.74, 6) is 0.539. The minimum atomic E-state index is -0.137. The first-order chi connectivity index (χ1) is 18.0. The summed E-state index contributed by atoms with van der Waals surface area (Å²) in [6, 6.07) is 36.0. The van der Waals surface area contributed by atoms with E-state index in [2.05, 4.69) is 68.4 Å². The van der Waals surface area contributed by atoms with Gasteiger partial charge in [-0.15, -0.1) is 0 Å². The summed E-state index contributed by atoms with van der Waals surface area (Å²) in [5.41, 5.74) is 8.22. The average Bonchev–Trinajstić information content (AvgIpc) is 3.38. The number of pyridine rings is 1. The number of hydrogen-bond acceptors (Lipinski definition) is 4. The van der Waals surface area contributed by atoms with E-state index >= 15 is 0 Å². The van der Waals surface area contributed by atoms with Crippen LogP contribution in [0.1, 0.15) is 25.0 Å². The molecule has 2 aromatic heterocycles. The van der Waals surface area contributed by atoms with Gasteiger partial charge in [0.15, 0.2) is 5.58 Å². The van der Waals surface area contributed by atoms with Crippen LogP contribution in [0.5, 0.6) is 5.75 Å². The molecular weight excluding hydrogens is 456 g/mol. The highest BCUT2D eigenvalue weighted by atomic mass is 16.3. The zero-order valence-electron chi connectivity index (χ0n) is 20.7. The Hall–Kier alpha value is -4.70. The van der Waals surface area contributed by atoms with Crippen molar-refractivity contribution < 1.29 is 9.52 Å². The van der Waals surface area contributed by atoms with Gasteiger partial charge in [0.05, 0.1) is 11.3 Å². The van der Waals surface area contributed by atoms with Crippen molar-refractivity contribution in [3.63, 3.8) is 0 Å². The Bertz CT molecular complexity index is 1700. The number of phenolic OH excluding ortho intramolecular Hbond substituents is 1. The molecule has 0 aliphatic rings. The number of fused-ring (bicyclic) bond motifs is 1. The van der Waals surface area contributed by atoms with Crippen LogP contribution in [-0.2, 0) is 5.41 Å². The Kier molecular flexibility index (Phi) is 5.57. The van der Waals surface area contributed by atoms with Crippen molar-refractivity contribution in [2.75, 3.05) is 0 Å². The van der Waals surface area contributed by atoms with Crippen molar-refractivity contribution >= 4 is 11.1 Å². The maximum Gasteiger partial charge on any atom is 0.231 e. The predicted octanol–water partition coefficient (Wildman–Crippen LogP) is 8.26. The van der Waals surface area contributed by atoms with Gasteiger partial charge in [0.1, 0.15) is 11.3 Å². The van der Waals surface area contributed by atoms with E-state index in [1.807, 2.05) is 42.6 Å². The van der Waals surface area contributed by atoms with Crippen LogP contribution in [0.15, 0.2) is 120 Å². The number of benzene rings is 4. The van der Waals surface area contributed by atoms with E-state index in [-0.39, 0.29) is 11.2 Å². The Balaban J connectivity index is 1.36. The van der Waals surface area contributed by atoms with Gasteiger partial charge in [-0.2, -0.15) is 0 Å². The first kappa shape index (κ1) is 22.7. The molecule has 1 N–H and O–H groups in total. The highest BCUT2D eigenvalue weighted by Gasteiger charge is 2.23. The number of nitrogens with zero attached hydrogens (tertiary/aromatic N) is 2. The van der Waals surface area contributed by atoms with Crippen molar-refractivity contribution in [3.05, 3.63) is 127 Å². The minimum absolute atomic E-state index is 0.137. The minimum Gasteiger partial charge on any atom is -0.507 e. The topological polar surface area (TPSA) is 59.2 Å². The summed E-state index contributed by atoms with van der Waals surface area (Å²) in [6.07, 6.45) is 1.98. The van der Waals surface area contributed by atoms with E-state index in [0.717, 1.165) is 27.9 Å². The van der Waals surface area contributed by atoms with Crippen LogP contribution >= 0.6 is 0 Å². The second-order valence-electron chi connectivity index (χ2n) is 9.69. The van der Waals surface area contributed by atoms with Gasteiger partial charge in [0, 0.05) is 22.7 Å². The second-order valence-corrected chi connectivity index (χ2v) is 9.69. The Morgan fingerprint density at radius 3 is 2.19 bits per heavy atom. The van der Waals surface area contributed by atoms with E-state index < -0.39 is 0 Å². The number of aromatic nitrogens is 2. The lowest BCUT2D eigenvalue weighted by molar-refractivity contribution is 0.474. The van der Waals surface area contributed by atoms with E-state index in [1.165, 1.54) is 11.1 Å². The van der Waals surface area contributed by atoms with Crippen molar-refractivity contribution in [2.24, 2.45) is 0 Å². The Morgan fingerprint density at radius 2 is 1.41 bits per heavy atom. The van der Waals surface area contributed by atoms with Gasteiger partial charge >= 0.3 is 0 Å². The molecule has 0 spiro atoms. The van der Waals surface area contributed by atoms with E-state index in [9.17, 15) is 5.11 Å². The van der Waals surface area contributed by atoms with E-state index in [4.69, 9.17) is 14.4 Å². The highest BCUT2D eigenvalue weighted by molar-refractivity contribution is 5.93. The van der Waals surface area contributed by atoms with Crippen LogP contribution in [-0.4, -0.2) is 15.1 Å². The fourth-order valence-corrected chi connectivity index (χ4v) is 4.75. The number of aromatic hydroxyl groups is 1. The molecule has 4 heteroatoms. The molecule has 0 unspecified atom stereocenters. The highest BCUT2D eigenvalue weighted by Crippen LogP contribution is 2.36. The van der Waals surface area contributed by atoms with Crippen LogP contribution in [0.3, 0.4) is 0 Å². The van der Waals surface area contributed by atoms with Crippen molar-refractivity contribution in [3.8, 4) is 39.6 Å². The third-order valence-corrected chi connectivity index (χ3v) is 7.00. The lowest BCUT2D eigenvalue weighted by Gasteiger charge is -2.25. The molecule has 0 atom stereocenters. The normalized spacial score (nSPS) is 11.6. The van der Waals surface area contributed by atoms with Crippen LogP contribution in [0, 0.1) is 0 Å². The van der Waals surface area contributed by atoms with Crippen LogP contribution in [0.25, 0.3) is 44.9 Å². The van der Waals surface area contributed by atoms with Gasteiger partial charge in [0.2, 0.25) is 5.89 Å². The number of para-hydroxylation sites is 2. The van der Waals surface area contributed by atoms with Gasteiger partial charge in [-0.1, -0.05) is 92.7 Å². The number of hydrogen-bond donors (Lipinski definition) is 1. The summed E-state index contributed by atoms with van der Waals surface area (Å²) >= 11 is 0. The molecule has 0 radical (unpaired) electrons. The molecule has 0 aliphatic heterocycles. The van der Waals surface area contributed by atoms with Crippen molar-refractivity contribution in [2.45, 2.75) is 19.3 Å². The van der Waals surface area contributed by atoms with Crippen molar-refractivity contribution in [1.29, 1.82) is 0 Å². The molecule has 0 aliphatic carbocycles. The monoisotopic (exact) mass is 482 g/mol. The first-order valence-corrected chi connectivity index (χ1v) is 12.3. The molecule has 0 saturated heterocycles. The third-order valence-electron chi connectivity index (χ3n) is 7.00. The molecule has 0 saturated carbocycles. The van der Waals surface area contributed by atoms with Gasteiger partial charge in [-0.05, 0) is 47.0 Å².